The molecule has 1 rings (SSSR count). The van der Waals surface area contributed by atoms with Crippen molar-refractivity contribution in [1.29, 1.82) is 0 Å². The third kappa shape index (κ3) is 2.53. The maximum atomic E-state index is 12.5. The van der Waals surface area contributed by atoms with E-state index in [1.54, 1.807) is 0 Å². The van der Waals surface area contributed by atoms with Crippen molar-refractivity contribution >= 4 is 17.8 Å². The molecule has 0 atom stereocenters. The van der Waals surface area contributed by atoms with Gasteiger partial charge >= 0.3 is 6.18 Å². The molecule has 8 heteroatoms. The van der Waals surface area contributed by atoms with E-state index < -0.39 is 39.3 Å². The van der Waals surface area contributed by atoms with E-state index in [1.807, 2.05) is 0 Å². The molecule has 1 aromatic carbocycles. The summed E-state index contributed by atoms with van der Waals surface area (Å²) < 4.78 is 37.5. The Bertz CT molecular complexity index is 537. The van der Waals surface area contributed by atoms with Gasteiger partial charge in [0.15, 0.2) is 12.1 Å². The summed E-state index contributed by atoms with van der Waals surface area (Å²) >= 11 is 0. The number of nitro benzene ring substituents is 1. The van der Waals surface area contributed by atoms with Gasteiger partial charge in [0.2, 0.25) is 0 Å². The number of nitrogens with zero attached hydrogens (tertiary/aromatic N) is 1. The monoisotopic (exact) mass is 261 g/mol. The van der Waals surface area contributed by atoms with Gasteiger partial charge in [-0.1, -0.05) is 0 Å². The molecule has 0 heterocycles. The number of nitro groups is 1. The zero-order valence-corrected chi connectivity index (χ0v) is 8.95. The second-order valence-electron chi connectivity index (χ2n) is 3.39. The number of hydrogen-bond acceptors (Lipinski definition) is 4. The van der Waals surface area contributed by atoms with E-state index in [1.165, 1.54) is 0 Å². The Morgan fingerprint density at radius 1 is 1.39 bits per heavy atom. The lowest BCUT2D eigenvalue weighted by molar-refractivity contribution is -0.385. The normalized spacial score (nSPS) is 11.1. The number of aldehydes is 1. The van der Waals surface area contributed by atoms with E-state index in [2.05, 4.69) is 0 Å². The summed E-state index contributed by atoms with van der Waals surface area (Å²) in [6, 6.07) is 0.713. The maximum Gasteiger partial charge on any atom is 0.416 e. The molecule has 0 aliphatic rings. The molecule has 18 heavy (non-hydrogen) atoms. The molecule has 0 aliphatic heterocycles. The van der Waals surface area contributed by atoms with Gasteiger partial charge in [0, 0.05) is 0 Å². The standard InChI is InChI=1S/C10H6F3NO4/c1-5(16)8-3-7(10(11,12)13)2-6(4-15)9(8)14(17)18/h2-4H,1H3. The molecule has 0 unspecified atom stereocenters. The Labute approximate surface area is 98.4 Å². The fourth-order valence-electron chi connectivity index (χ4n) is 1.38. The first-order valence-corrected chi connectivity index (χ1v) is 4.54. The number of Topliss-reactive ketones (excluding diaryl/α,β-unsaturated/α-hetero) is 1. The molecule has 0 aliphatic carbocycles. The van der Waals surface area contributed by atoms with Crippen molar-refractivity contribution in [3.05, 3.63) is 38.9 Å². The summed E-state index contributed by atoms with van der Waals surface area (Å²) in [7, 11) is 0. The number of ketones is 1. The molecule has 0 fully saturated rings. The van der Waals surface area contributed by atoms with Crippen LogP contribution in [-0.4, -0.2) is 17.0 Å². The van der Waals surface area contributed by atoms with Crippen molar-refractivity contribution < 1.29 is 27.7 Å². The smallest absolute Gasteiger partial charge is 0.298 e. The lowest BCUT2D eigenvalue weighted by Gasteiger charge is -2.09. The van der Waals surface area contributed by atoms with E-state index in [9.17, 15) is 32.9 Å². The average molecular weight is 261 g/mol. The van der Waals surface area contributed by atoms with Gasteiger partial charge in [-0.05, 0) is 19.1 Å². The van der Waals surface area contributed by atoms with Crippen LogP contribution in [0.2, 0.25) is 0 Å². The van der Waals surface area contributed by atoms with Gasteiger partial charge in [-0.25, -0.2) is 0 Å². The Balaban J connectivity index is 3.70. The SMILES string of the molecule is CC(=O)c1cc(C(F)(F)F)cc(C=O)c1[N+](=O)[O-]. The van der Waals surface area contributed by atoms with E-state index in [4.69, 9.17) is 0 Å². The van der Waals surface area contributed by atoms with Crippen LogP contribution in [-0.2, 0) is 6.18 Å². The highest BCUT2D eigenvalue weighted by molar-refractivity contribution is 6.01. The summed E-state index contributed by atoms with van der Waals surface area (Å²) in [5.74, 6) is -0.920. The quantitative estimate of drug-likeness (QED) is 0.362. The number of halogens is 3. The van der Waals surface area contributed by atoms with Crippen molar-refractivity contribution in [1.82, 2.24) is 0 Å². The van der Waals surface area contributed by atoms with Crippen LogP contribution in [0.1, 0.15) is 33.2 Å². The lowest BCUT2D eigenvalue weighted by Crippen LogP contribution is -2.11. The third-order valence-electron chi connectivity index (χ3n) is 2.16. The second-order valence-corrected chi connectivity index (χ2v) is 3.39. The summed E-state index contributed by atoms with van der Waals surface area (Å²) in [6.07, 6.45) is -4.88. The van der Waals surface area contributed by atoms with Crippen LogP contribution >= 0.6 is 0 Å². The Morgan fingerprint density at radius 2 is 1.94 bits per heavy atom. The predicted molar refractivity (Wildman–Crippen MR) is 53.5 cm³/mol. The average Bonchev–Trinajstić information content (AvgIpc) is 2.25. The van der Waals surface area contributed by atoms with Crippen LogP contribution in [0.15, 0.2) is 12.1 Å². The van der Waals surface area contributed by atoms with Gasteiger partial charge in [0.25, 0.3) is 5.69 Å². The first-order chi connectivity index (χ1) is 8.18. The summed E-state index contributed by atoms with van der Waals surface area (Å²) in [4.78, 5) is 31.4. The minimum Gasteiger partial charge on any atom is -0.298 e. The minimum absolute atomic E-state index is 0.0835. The highest BCUT2D eigenvalue weighted by Gasteiger charge is 2.35. The van der Waals surface area contributed by atoms with Crippen LogP contribution in [0.4, 0.5) is 18.9 Å². The van der Waals surface area contributed by atoms with Gasteiger partial charge in [0.1, 0.15) is 0 Å². The molecule has 0 aromatic heterocycles. The Kier molecular flexibility index (Phi) is 3.49. The van der Waals surface area contributed by atoms with Gasteiger partial charge in [-0.3, -0.25) is 19.7 Å². The molecule has 1 aromatic rings. The van der Waals surface area contributed by atoms with Crippen molar-refractivity contribution in [3.8, 4) is 0 Å². The molecule has 0 saturated heterocycles. The van der Waals surface area contributed by atoms with Gasteiger partial charge < -0.3 is 0 Å². The first-order valence-electron chi connectivity index (χ1n) is 4.54. The van der Waals surface area contributed by atoms with Crippen LogP contribution in [0.5, 0.6) is 0 Å². The number of rotatable bonds is 3. The van der Waals surface area contributed by atoms with E-state index in [0.29, 0.717) is 12.1 Å². The number of benzene rings is 1. The van der Waals surface area contributed by atoms with E-state index >= 15 is 0 Å². The molecule has 0 bridgehead atoms. The summed E-state index contributed by atoms with van der Waals surface area (Å²) in [5, 5.41) is 10.7. The Morgan fingerprint density at radius 3 is 2.28 bits per heavy atom. The number of hydrogen-bond donors (Lipinski definition) is 0. The lowest BCUT2D eigenvalue weighted by atomic mass is 10.0. The van der Waals surface area contributed by atoms with Crippen molar-refractivity contribution in [2.45, 2.75) is 13.1 Å². The zero-order chi connectivity index (χ0) is 14.1. The van der Waals surface area contributed by atoms with Crippen LogP contribution in [0, 0.1) is 10.1 Å². The Hall–Kier alpha value is -2.25. The zero-order valence-electron chi connectivity index (χ0n) is 8.95. The first kappa shape index (κ1) is 13.8. The molecule has 0 spiro atoms. The van der Waals surface area contributed by atoms with Crippen LogP contribution in [0.3, 0.4) is 0 Å². The summed E-state index contributed by atoms with van der Waals surface area (Å²) in [6.45, 7) is 0.886. The molecule has 0 saturated carbocycles. The maximum absolute atomic E-state index is 12.5. The molecule has 0 amide bonds. The van der Waals surface area contributed by atoms with E-state index in [0.717, 1.165) is 6.92 Å². The van der Waals surface area contributed by atoms with Crippen molar-refractivity contribution in [2.24, 2.45) is 0 Å². The minimum atomic E-state index is -4.79. The van der Waals surface area contributed by atoms with Crippen molar-refractivity contribution in [2.75, 3.05) is 0 Å². The fraction of sp³-hybridized carbons (Fsp3) is 0.200. The highest BCUT2D eigenvalue weighted by atomic mass is 19.4. The van der Waals surface area contributed by atoms with Crippen LogP contribution in [0.25, 0.3) is 0 Å². The van der Waals surface area contributed by atoms with Gasteiger partial charge in [0.05, 0.1) is 21.6 Å². The number of carbonyl (C=O) groups is 2. The molecule has 0 radical (unpaired) electrons. The largest absolute Gasteiger partial charge is 0.416 e. The van der Waals surface area contributed by atoms with Crippen molar-refractivity contribution in [3.63, 3.8) is 0 Å². The number of carbonyl (C=O) groups excluding carboxylic acids is 2. The van der Waals surface area contributed by atoms with Gasteiger partial charge in [-0.2, -0.15) is 13.2 Å². The van der Waals surface area contributed by atoms with Gasteiger partial charge in [-0.15, -0.1) is 0 Å². The molecule has 5 nitrogen and oxygen atoms in total. The second kappa shape index (κ2) is 4.55. The fourth-order valence-corrected chi connectivity index (χ4v) is 1.38. The molecular formula is C10H6F3NO4. The third-order valence-corrected chi connectivity index (χ3v) is 2.16. The number of alkyl halides is 3. The topological polar surface area (TPSA) is 77.3 Å². The van der Waals surface area contributed by atoms with Crippen LogP contribution < -0.4 is 0 Å². The predicted octanol–water partition coefficient (Wildman–Crippen LogP) is 2.63. The molecular weight excluding hydrogens is 255 g/mol. The van der Waals surface area contributed by atoms with E-state index in [-0.39, 0.29) is 6.29 Å². The summed E-state index contributed by atoms with van der Waals surface area (Å²) in [5.41, 5.74) is -3.71. The highest BCUT2D eigenvalue weighted by Crippen LogP contribution is 2.34. The molecule has 96 valence electrons. The molecule has 0 N–H and O–H groups in total.